The molecular weight excluding hydrogens is 335 g/mol. The maximum atomic E-state index is 12.9. The maximum absolute atomic E-state index is 12.9. The van der Waals surface area contributed by atoms with Crippen LogP contribution in [0.4, 0.5) is 15.8 Å². The van der Waals surface area contributed by atoms with E-state index in [0.29, 0.717) is 17.1 Å². The van der Waals surface area contributed by atoms with E-state index in [1.54, 1.807) is 41.3 Å². The Bertz CT molecular complexity index is 860. The van der Waals surface area contributed by atoms with Crippen LogP contribution in [0.25, 0.3) is 6.08 Å². The number of hydrogen-bond acceptors (Lipinski definition) is 3. The molecule has 1 aliphatic heterocycles. The SMILES string of the molecule is CC(C)N1C(=O)COc2ccc(NC(=O)/C=C/c3ccc(F)cc3)cc21. The lowest BCUT2D eigenvalue weighted by molar-refractivity contribution is -0.121. The highest BCUT2D eigenvalue weighted by atomic mass is 19.1. The van der Waals surface area contributed by atoms with E-state index in [1.165, 1.54) is 18.2 Å². The summed E-state index contributed by atoms with van der Waals surface area (Å²) in [6, 6.07) is 11.0. The maximum Gasteiger partial charge on any atom is 0.265 e. The Morgan fingerprint density at radius 2 is 1.96 bits per heavy atom. The molecule has 1 N–H and O–H groups in total. The van der Waals surface area contributed by atoms with Gasteiger partial charge in [0.05, 0.1) is 5.69 Å². The number of nitrogens with zero attached hydrogens (tertiary/aromatic N) is 1. The lowest BCUT2D eigenvalue weighted by atomic mass is 10.1. The van der Waals surface area contributed by atoms with Crippen molar-refractivity contribution in [2.75, 3.05) is 16.8 Å². The van der Waals surface area contributed by atoms with Crippen LogP contribution in [0.5, 0.6) is 5.75 Å². The van der Waals surface area contributed by atoms with Crippen molar-refractivity contribution in [1.82, 2.24) is 0 Å². The number of halogens is 1. The summed E-state index contributed by atoms with van der Waals surface area (Å²) in [4.78, 5) is 25.9. The third kappa shape index (κ3) is 3.91. The minimum atomic E-state index is -0.327. The summed E-state index contributed by atoms with van der Waals surface area (Å²) in [6.45, 7) is 3.85. The number of ether oxygens (including phenoxy) is 1. The van der Waals surface area contributed by atoms with Crippen molar-refractivity contribution in [3.8, 4) is 5.75 Å². The van der Waals surface area contributed by atoms with Gasteiger partial charge in [0, 0.05) is 17.8 Å². The molecule has 0 aromatic heterocycles. The zero-order valence-electron chi connectivity index (χ0n) is 14.5. The predicted octanol–water partition coefficient (Wildman–Crippen LogP) is 3.61. The van der Waals surface area contributed by atoms with Crippen molar-refractivity contribution in [3.05, 3.63) is 59.9 Å². The Morgan fingerprint density at radius 3 is 2.65 bits per heavy atom. The van der Waals surface area contributed by atoms with Crippen LogP contribution in [0.15, 0.2) is 48.5 Å². The molecule has 0 aliphatic carbocycles. The number of fused-ring (bicyclic) bond motifs is 1. The topological polar surface area (TPSA) is 58.6 Å². The Hall–Kier alpha value is -3.15. The summed E-state index contributed by atoms with van der Waals surface area (Å²) < 4.78 is 18.3. The van der Waals surface area contributed by atoms with Crippen LogP contribution in [-0.4, -0.2) is 24.5 Å². The summed E-state index contributed by atoms with van der Waals surface area (Å²) in [5, 5.41) is 2.75. The molecular formula is C20H19FN2O3. The van der Waals surface area contributed by atoms with Gasteiger partial charge in [-0.25, -0.2) is 4.39 Å². The van der Waals surface area contributed by atoms with Crippen LogP contribution in [0, 0.1) is 5.82 Å². The third-order valence-corrected chi connectivity index (χ3v) is 3.92. The molecule has 6 heteroatoms. The highest BCUT2D eigenvalue weighted by Gasteiger charge is 2.27. The van der Waals surface area contributed by atoms with E-state index in [2.05, 4.69) is 5.32 Å². The van der Waals surface area contributed by atoms with Crippen LogP contribution in [0.1, 0.15) is 19.4 Å². The van der Waals surface area contributed by atoms with Crippen LogP contribution in [-0.2, 0) is 9.59 Å². The molecule has 2 aromatic carbocycles. The van der Waals surface area contributed by atoms with E-state index in [4.69, 9.17) is 4.74 Å². The van der Waals surface area contributed by atoms with E-state index in [-0.39, 0.29) is 30.3 Å². The number of carbonyl (C=O) groups excluding carboxylic acids is 2. The minimum absolute atomic E-state index is 0.0112. The largest absolute Gasteiger partial charge is 0.482 e. The minimum Gasteiger partial charge on any atom is -0.482 e. The summed E-state index contributed by atoms with van der Waals surface area (Å²) >= 11 is 0. The molecule has 0 bridgehead atoms. The predicted molar refractivity (Wildman–Crippen MR) is 98.6 cm³/mol. The van der Waals surface area contributed by atoms with E-state index in [0.717, 1.165) is 5.56 Å². The van der Waals surface area contributed by atoms with E-state index >= 15 is 0 Å². The number of nitrogens with one attached hydrogen (secondary N) is 1. The van der Waals surface area contributed by atoms with Crippen molar-refractivity contribution < 1.29 is 18.7 Å². The van der Waals surface area contributed by atoms with Gasteiger partial charge in [-0.1, -0.05) is 12.1 Å². The van der Waals surface area contributed by atoms with Crippen molar-refractivity contribution in [3.63, 3.8) is 0 Å². The molecule has 3 rings (SSSR count). The first-order valence-electron chi connectivity index (χ1n) is 8.27. The summed E-state index contributed by atoms with van der Waals surface area (Å²) in [7, 11) is 0. The molecule has 0 unspecified atom stereocenters. The van der Waals surface area contributed by atoms with Gasteiger partial charge in [0.25, 0.3) is 5.91 Å². The molecule has 1 aliphatic rings. The Kier molecular flexibility index (Phi) is 5.02. The van der Waals surface area contributed by atoms with Gasteiger partial charge in [-0.2, -0.15) is 0 Å². The average molecular weight is 354 g/mol. The lowest BCUT2D eigenvalue weighted by Crippen LogP contribution is -2.43. The smallest absolute Gasteiger partial charge is 0.265 e. The molecule has 26 heavy (non-hydrogen) atoms. The first-order chi connectivity index (χ1) is 12.4. The number of amides is 2. The molecule has 2 amide bonds. The number of rotatable bonds is 4. The van der Waals surface area contributed by atoms with Crippen molar-refractivity contribution in [1.29, 1.82) is 0 Å². The van der Waals surface area contributed by atoms with Crippen LogP contribution in [0.3, 0.4) is 0 Å². The molecule has 0 saturated carbocycles. The van der Waals surface area contributed by atoms with Gasteiger partial charge in [-0.3, -0.25) is 9.59 Å². The molecule has 134 valence electrons. The van der Waals surface area contributed by atoms with Gasteiger partial charge in [-0.05, 0) is 55.8 Å². The highest BCUT2D eigenvalue weighted by molar-refractivity contribution is 6.03. The third-order valence-electron chi connectivity index (χ3n) is 3.92. The Labute approximate surface area is 151 Å². The molecule has 0 spiro atoms. The monoisotopic (exact) mass is 354 g/mol. The molecule has 0 atom stereocenters. The van der Waals surface area contributed by atoms with Crippen LogP contribution < -0.4 is 15.0 Å². The molecule has 2 aromatic rings. The highest BCUT2D eigenvalue weighted by Crippen LogP contribution is 2.35. The zero-order valence-corrected chi connectivity index (χ0v) is 14.5. The molecule has 1 heterocycles. The molecule has 0 saturated heterocycles. The lowest BCUT2D eigenvalue weighted by Gasteiger charge is -2.32. The van der Waals surface area contributed by atoms with E-state index in [1.807, 2.05) is 13.8 Å². The van der Waals surface area contributed by atoms with Gasteiger partial charge in [0.2, 0.25) is 5.91 Å². The Balaban J connectivity index is 1.75. The average Bonchev–Trinajstić information content (AvgIpc) is 2.60. The fourth-order valence-corrected chi connectivity index (χ4v) is 2.74. The number of anilines is 2. The van der Waals surface area contributed by atoms with Gasteiger partial charge >= 0.3 is 0 Å². The van der Waals surface area contributed by atoms with Gasteiger partial charge in [0.1, 0.15) is 11.6 Å². The van der Waals surface area contributed by atoms with Gasteiger partial charge in [-0.15, -0.1) is 0 Å². The summed E-state index contributed by atoms with van der Waals surface area (Å²) in [6.07, 6.45) is 2.97. The van der Waals surface area contributed by atoms with E-state index in [9.17, 15) is 14.0 Å². The standard InChI is InChI=1S/C20H19FN2O3/c1-13(2)23-17-11-16(8-9-18(17)26-12-20(23)25)22-19(24)10-5-14-3-6-15(21)7-4-14/h3-11,13H,12H2,1-2H3,(H,22,24)/b10-5+. The van der Waals surface area contributed by atoms with Crippen molar-refractivity contribution in [2.45, 2.75) is 19.9 Å². The number of hydrogen-bond donors (Lipinski definition) is 1. The fraction of sp³-hybridized carbons (Fsp3) is 0.200. The second-order valence-corrected chi connectivity index (χ2v) is 6.20. The van der Waals surface area contributed by atoms with Crippen molar-refractivity contribution in [2.24, 2.45) is 0 Å². The quantitative estimate of drug-likeness (QED) is 0.854. The van der Waals surface area contributed by atoms with Crippen LogP contribution >= 0.6 is 0 Å². The molecule has 0 fully saturated rings. The van der Waals surface area contributed by atoms with Gasteiger partial charge in [0.15, 0.2) is 6.61 Å². The first kappa shape index (κ1) is 17.7. The number of benzene rings is 2. The number of carbonyl (C=O) groups is 2. The molecule has 5 nitrogen and oxygen atoms in total. The summed E-state index contributed by atoms with van der Waals surface area (Å²) in [5.74, 6) is -0.161. The van der Waals surface area contributed by atoms with Gasteiger partial charge < -0.3 is 15.0 Å². The van der Waals surface area contributed by atoms with E-state index < -0.39 is 0 Å². The summed E-state index contributed by atoms with van der Waals surface area (Å²) in [5.41, 5.74) is 1.91. The fourth-order valence-electron chi connectivity index (χ4n) is 2.74. The zero-order chi connectivity index (χ0) is 18.7. The second kappa shape index (κ2) is 7.39. The Morgan fingerprint density at radius 1 is 1.23 bits per heavy atom. The second-order valence-electron chi connectivity index (χ2n) is 6.20. The first-order valence-corrected chi connectivity index (χ1v) is 8.27. The van der Waals surface area contributed by atoms with Crippen molar-refractivity contribution >= 4 is 29.3 Å². The van der Waals surface area contributed by atoms with Crippen LogP contribution in [0.2, 0.25) is 0 Å². The normalized spacial score (nSPS) is 13.7. The molecule has 0 radical (unpaired) electrons.